The number of benzene rings is 1. The van der Waals surface area contributed by atoms with E-state index in [2.05, 4.69) is 0 Å². The van der Waals surface area contributed by atoms with E-state index >= 15 is 0 Å². The molecule has 0 saturated heterocycles. The molecule has 1 rings (SSSR count). The van der Waals surface area contributed by atoms with Gasteiger partial charge in [-0.3, -0.25) is 4.79 Å². The lowest BCUT2D eigenvalue weighted by molar-refractivity contribution is -0.113. The minimum Gasteiger partial charge on any atom is -0.366 e. The summed E-state index contributed by atoms with van der Waals surface area (Å²) >= 11 is 5.83. The Bertz CT molecular complexity index is 358. The standard InChI is InChI=1S/C10H10ClNO/c1-7-6-8(2-4-9(7)11)3-5-10(12)13/h2-6H,1H3,(H2,12,13)/b5-3-. The van der Waals surface area contributed by atoms with E-state index < -0.39 is 5.91 Å². The van der Waals surface area contributed by atoms with Crippen LogP contribution in [-0.2, 0) is 4.79 Å². The molecule has 1 aromatic rings. The number of rotatable bonds is 2. The van der Waals surface area contributed by atoms with Gasteiger partial charge in [0.2, 0.25) is 5.91 Å². The van der Waals surface area contributed by atoms with Crippen molar-refractivity contribution in [2.75, 3.05) is 0 Å². The third-order valence-electron chi connectivity index (χ3n) is 1.62. The zero-order valence-electron chi connectivity index (χ0n) is 7.25. The summed E-state index contributed by atoms with van der Waals surface area (Å²) in [5, 5.41) is 0.719. The number of aryl methyl sites for hydroxylation is 1. The van der Waals surface area contributed by atoms with Crippen LogP contribution >= 0.6 is 11.6 Å². The Morgan fingerprint density at radius 3 is 2.77 bits per heavy atom. The maximum atomic E-state index is 10.4. The summed E-state index contributed by atoms with van der Waals surface area (Å²) in [7, 11) is 0. The van der Waals surface area contributed by atoms with Gasteiger partial charge in [-0.2, -0.15) is 0 Å². The minimum atomic E-state index is -0.451. The van der Waals surface area contributed by atoms with Crippen molar-refractivity contribution in [3.05, 3.63) is 40.4 Å². The Labute approximate surface area is 82.0 Å². The fourth-order valence-electron chi connectivity index (χ4n) is 0.950. The third kappa shape index (κ3) is 2.92. The lowest BCUT2D eigenvalue weighted by Crippen LogP contribution is -2.05. The van der Waals surface area contributed by atoms with Crippen molar-refractivity contribution in [1.29, 1.82) is 0 Å². The number of primary amides is 1. The quantitative estimate of drug-likeness (QED) is 0.722. The smallest absolute Gasteiger partial charge is 0.241 e. The molecule has 0 aliphatic rings. The average molecular weight is 196 g/mol. The Hall–Kier alpha value is -1.28. The molecule has 68 valence electrons. The summed E-state index contributed by atoms with van der Waals surface area (Å²) < 4.78 is 0. The van der Waals surface area contributed by atoms with Crippen LogP contribution in [0.4, 0.5) is 0 Å². The second-order valence-electron chi connectivity index (χ2n) is 2.74. The molecule has 0 fully saturated rings. The molecule has 1 amide bonds. The molecule has 0 unspecified atom stereocenters. The molecule has 0 saturated carbocycles. The Morgan fingerprint density at radius 2 is 2.23 bits per heavy atom. The van der Waals surface area contributed by atoms with Crippen LogP contribution in [0.2, 0.25) is 5.02 Å². The number of carbonyl (C=O) groups is 1. The number of carbonyl (C=O) groups excluding carboxylic acids is 1. The van der Waals surface area contributed by atoms with Gasteiger partial charge in [0.1, 0.15) is 0 Å². The SMILES string of the molecule is Cc1cc(/C=C\C(N)=O)ccc1Cl. The molecule has 2 N–H and O–H groups in total. The number of hydrogen-bond acceptors (Lipinski definition) is 1. The number of nitrogens with two attached hydrogens (primary N) is 1. The third-order valence-corrected chi connectivity index (χ3v) is 2.05. The van der Waals surface area contributed by atoms with Crippen molar-refractivity contribution in [1.82, 2.24) is 0 Å². The van der Waals surface area contributed by atoms with Crippen molar-refractivity contribution < 1.29 is 4.79 Å². The van der Waals surface area contributed by atoms with Gasteiger partial charge in [-0.1, -0.05) is 23.7 Å². The van der Waals surface area contributed by atoms with Crippen LogP contribution < -0.4 is 5.73 Å². The fourth-order valence-corrected chi connectivity index (χ4v) is 1.07. The van der Waals surface area contributed by atoms with Crippen LogP contribution in [-0.4, -0.2) is 5.91 Å². The predicted octanol–water partition coefficient (Wildman–Crippen LogP) is 2.15. The van der Waals surface area contributed by atoms with Gasteiger partial charge >= 0.3 is 0 Å². The molecule has 3 heteroatoms. The molecule has 1 aromatic carbocycles. The summed E-state index contributed by atoms with van der Waals surface area (Å²) in [6, 6.07) is 5.51. The molecule has 0 bridgehead atoms. The summed E-state index contributed by atoms with van der Waals surface area (Å²) in [6.45, 7) is 1.91. The highest BCUT2D eigenvalue weighted by atomic mass is 35.5. The highest BCUT2D eigenvalue weighted by Gasteiger charge is 1.94. The summed E-state index contributed by atoms with van der Waals surface area (Å²) in [5.74, 6) is -0.451. The van der Waals surface area contributed by atoms with Crippen LogP contribution in [0.5, 0.6) is 0 Å². The Balaban J connectivity index is 2.92. The largest absolute Gasteiger partial charge is 0.366 e. The van der Waals surface area contributed by atoms with Crippen molar-refractivity contribution in [2.24, 2.45) is 5.73 Å². The molecule has 2 nitrogen and oxygen atoms in total. The molecule has 0 radical (unpaired) electrons. The predicted molar refractivity (Wildman–Crippen MR) is 54.4 cm³/mol. The van der Waals surface area contributed by atoms with E-state index in [1.807, 2.05) is 19.1 Å². The van der Waals surface area contributed by atoms with Crippen molar-refractivity contribution in [2.45, 2.75) is 6.92 Å². The molecular weight excluding hydrogens is 186 g/mol. The highest BCUT2D eigenvalue weighted by molar-refractivity contribution is 6.31. The van der Waals surface area contributed by atoms with E-state index in [1.165, 1.54) is 6.08 Å². The molecule has 0 aliphatic carbocycles. The first-order valence-corrected chi connectivity index (χ1v) is 4.21. The topological polar surface area (TPSA) is 43.1 Å². The first-order valence-electron chi connectivity index (χ1n) is 3.83. The van der Waals surface area contributed by atoms with Crippen LogP contribution in [0.1, 0.15) is 11.1 Å². The second kappa shape index (κ2) is 4.10. The van der Waals surface area contributed by atoms with E-state index in [0.29, 0.717) is 0 Å². The van der Waals surface area contributed by atoms with Gasteiger partial charge in [-0.15, -0.1) is 0 Å². The minimum absolute atomic E-state index is 0.451. The van der Waals surface area contributed by atoms with E-state index in [9.17, 15) is 4.79 Å². The maximum absolute atomic E-state index is 10.4. The first-order chi connectivity index (χ1) is 6.09. The molecule has 0 spiro atoms. The van der Waals surface area contributed by atoms with E-state index in [0.717, 1.165) is 16.1 Å². The normalized spacial score (nSPS) is 10.6. The van der Waals surface area contributed by atoms with Crippen molar-refractivity contribution in [3.63, 3.8) is 0 Å². The van der Waals surface area contributed by atoms with Gasteiger partial charge in [-0.05, 0) is 30.2 Å². The zero-order chi connectivity index (χ0) is 9.84. The highest BCUT2D eigenvalue weighted by Crippen LogP contribution is 2.16. The lowest BCUT2D eigenvalue weighted by Gasteiger charge is -1.98. The van der Waals surface area contributed by atoms with Crippen molar-refractivity contribution >= 4 is 23.6 Å². The molecule has 0 atom stereocenters. The zero-order valence-corrected chi connectivity index (χ0v) is 8.01. The number of amides is 1. The molecule has 0 heterocycles. The molecule has 0 aliphatic heterocycles. The number of hydrogen-bond donors (Lipinski definition) is 1. The lowest BCUT2D eigenvalue weighted by atomic mass is 10.1. The maximum Gasteiger partial charge on any atom is 0.241 e. The van der Waals surface area contributed by atoms with Gasteiger partial charge in [0.05, 0.1) is 0 Å². The molecular formula is C10H10ClNO. The number of halogens is 1. The van der Waals surface area contributed by atoms with E-state index in [4.69, 9.17) is 17.3 Å². The van der Waals surface area contributed by atoms with Gasteiger partial charge in [0, 0.05) is 11.1 Å². The van der Waals surface area contributed by atoms with Crippen molar-refractivity contribution in [3.8, 4) is 0 Å². The summed E-state index contributed by atoms with van der Waals surface area (Å²) in [5.41, 5.74) is 6.85. The Kier molecular flexibility index (Phi) is 3.09. The van der Waals surface area contributed by atoms with Gasteiger partial charge in [0.15, 0.2) is 0 Å². The average Bonchev–Trinajstić information content (AvgIpc) is 2.07. The second-order valence-corrected chi connectivity index (χ2v) is 3.15. The van der Waals surface area contributed by atoms with Crippen LogP contribution in [0.25, 0.3) is 6.08 Å². The van der Waals surface area contributed by atoms with Gasteiger partial charge < -0.3 is 5.73 Å². The first kappa shape index (κ1) is 9.81. The van der Waals surface area contributed by atoms with Crippen LogP contribution in [0.15, 0.2) is 24.3 Å². The van der Waals surface area contributed by atoms with Gasteiger partial charge in [-0.25, -0.2) is 0 Å². The van der Waals surface area contributed by atoms with Crippen LogP contribution in [0, 0.1) is 6.92 Å². The summed E-state index contributed by atoms with van der Waals surface area (Å²) in [6.07, 6.45) is 2.98. The molecule has 0 aromatic heterocycles. The monoisotopic (exact) mass is 195 g/mol. The van der Waals surface area contributed by atoms with E-state index in [1.54, 1.807) is 12.1 Å². The summed E-state index contributed by atoms with van der Waals surface area (Å²) in [4.78, 5) is 10.4. The molecule has 13 heavy (non-hydrogen) atoms. The van der Waals surface area contributed by atoms with E-state index in [-0.39, 0.29) is 0 Å². The van der Waals surface area contributed by atoms with Gasteiger partial charge in [0.25, 0.3) is 0 Å². The van der Waals surface area contributed by atoms with Crippen LogP contribution in [0.3, 0.4) is 0 Å². The Morgan fingerprint density at radius 1 is 1.54 bits per heavy atom. The fraction of sp³-hybridized carbons (Fsp3) is 0.100.